The van der Waals surface area contributed by atoms with Crippen LogP contribution in [0.5, 0.6) is 0 Å². The summed E-state index contributed by atoms with van der Waals surface area (Å²) in [4.78, 5) is 108. The number of aliphatic hydroxyl groups excluding tert-OH is 1. The molecule has 376 valence electrons. The number of piperidine rings is 2. The quantitative estimate of drug-likeness (QED) is 0.0598. The summed E-state index contributed by atoms with van der Waals surface area (Å²) in [5.74, 6) is -6.92. The minimum absolute atomic E-state index is 0.00280. The predicted octanol–water partition coefficient (Wildman–Crippen LogP) is 2.59. The number of aliphatic carboxylic acids is 1. The first kappa shape index (κ1) is 52.4. The summed E-state index contributed by atoms with van der Waals surface area (Å²) in [6, 6.07) is 19.3. The number of likely N-dealkylation sites (tertiary alicyclic amines) is 2. The maximum atomic E-state index is 13.5. The van der Waals surface area contributed by atoms with Gasteiger partial charge >= 0.3 is 36.1 Å². The number of hydrogen-bond acceptors (Lipinski definition) is 14. The fourth-order valence-corrected chi connectivity index (χ4v) is 8.67. The monoisotopic (exact) mass is 982 g/mol. The number of hydrogen-bond donors (Lipinski definition) is 4. The lowest BCUT2D eigenvalue weighted by Gasteiger charge is -2.38. The van der Waals surface area contributed by atoms with E-state index in [1.54, 1.807) is 48.5 Å². The first-order valence-electron chi connectivity index (χ1n) is 23.1. The van der Waals surface area contributed by atoms with Crippen molar-refractivity contribution in [3.63, 3.8) is 0 Å². The summed E-state index contributed by atoms with van der Waals surface area (Å²) < 4.78 is 29.4. The van der Waals surface area contributed by atoms with Crippen molar-refractivity contribution in [2.24, 2.45) is 0 Å². The molecule has 6 rings (SSSR count). The number of carbonyl (C=O) groups excluding carboxylic acids is 7. The molecule has 2 aromatic heterocycles. The van der Waals surface area contributed by atoms with Crippen LogP contribution < -0.4 is 19.8 Å². The Morgan fingerprint density at radius 2 is 1.03 bits per heavy atom. The van der Waals surface area contributed by atoms with Gasteiger partial charge in [-0.15, -0.1) is 0 Å². The molecule has 0 saturated carbocycles. The number of benzene rings is 2. The molecule has 0 bridgehead atoms. The molecule has 4 aromatic rings. The average molecular weight is 983 g/mol. The smallest absolute Gasteiger partial charge is 0.414 e. The standard InChI is InChI=1S/C50H56N6O15/c1-67-47(63)41(33-15-5-3-6-16-33)39-21-9-11-25-55(39)49(65)70-31-53-23-13-19-35(27-53)43(58)51-37(29-57)46(62)69-30-38(45(60)61)52-44(59)36-20-14-24-54(28-36)32-71-50(66)56-26-12-10-22-40(56)42(48(64)68-2)34-17-7-4-8-18-34/h3-8,13-20,23-24,27-28,37-42,57H,9-12,21-22,25-26,29-32H2,1-2H3,(H-2,51,52,58,59,60,61)/p+2/t37-,38?,39+,40-,41+,42-/m0/s1. The van der Waals surface area contributed by atoms with Crippen molar-refractivity contribution in [1.29, 1.82) is 0 Å². The molecule has 1 unspecified atom stereocenters. The molecule has 0 radical (unpaired) electrons. The van der Waals surface area contributed by atoms with Crippen molar-refractivity contribution in [3.05, 3.63) is 132 Å². The average Bonchev–Trinajstić information content (AvgIpc) is 3.40. The van der Waals surface area contributed by atoms with Crippen molar-refractivity contribution in [2.45, 2.75) is 88.0 Å². The molecular formula is C50H58N6O15+2. The third kappa shape index (κ3) is 13.9. The normalized spacial score (nSPS) is 17.2. The number of ether oxygens (including phenoxy) is 5. The number of nitrogens with zero attached hydrogens (tertiary/aromatic N) is 4. The summed E-state index contributed by atoms with van der Waals surface area (Å²) in [6.45, 7) is -1.79. The van der Waals surface area contributed by atoms with Crippen molar-refractivity contribution < 1.29 is 81.4 Å². The summed E-state index contributed by atoms with van der Waals surface area (Å²) in [7, 11) is 2.59. The van der Waals surface area contributed by atoms with Crippen molar-refractivity contribution in [1.82, 2.24) is 20.4 Å². The summed E-state index contributed by atoms with van der Waals surface area (Å²) >= 11 is 0. The highest BCUT2D eigenvalue weighted by molar-refractivity contribution is 5.97. The molecule has 6 atom stereocenters. The van der Waals surface area contributed by atoms with E-state index < -0.39 is 97.1 Å². The Labute approximate surface area is 409 Å². The largest absolute Gasteiger partial charge is 0.480 e. The van der Waals surface area contributed by atoms with Crippen LogP contribution in [-0.4, -0.2) is 133 Å². The summed E-state index contributed by atoms with van der Waals surface area (Å²) in [5.41, 5.74) is 1.36. The number of esters is 3. The minimum atomic E-state index is -1.77. The maximum absolute atomic E-state index is 13.5. The molecule has 0 aliphatic carbocycles. The fraction of sp³-hybridized carbons (Fsp3) is 0.400. The molecule has 2 aromatic carbocycles. The van der Waals surface area contributed by atoms with E-state index in [4.69, 9.17) is 23.7 Å². The van der Waals surface area contributed by atoms with Gasteiger partial charge in [-0.3, -0.25) is 19.2 Å². The van der Waals surface area contributed by atoms with E-state index in [0.29, 0.717) is 49.9 Å². The van der Waals surface area contributed by atoms with Crippen LogP contribution in [-0.2, 0) is 56.3 Å². The SMILES string of the molecule is COC(=O)[C@H](c1ccccc1)[C@H]1CCCCN1C(=O)OC[n+]1cccc(C(=O)N[C@@H](CO)C(=O)OCC(NC(=O)c2ccc[n+](COC(=O)N3CCCC[C@H]3[C@@H](C(=O)OC)c3ccccc3)c2)C(=O)O)c1. The molecule has 2 fully saturated rings. The highest BCUT2D eigenvalue weighted by Gasteiger charge is 2.41. The van der Waals surface area contributed by atoms with Gasteiger partial charge in [0.15, 0.2) is 36.9 Å². The van der Waals surface area contributed by atoms with E-state index in [0.717, 1.165) is 12.8 Å². The number of pyridine rings is 2. The molecule has 4 heterocycles. The Hall–Kier alpha value is -7.94. The van der Waals surface area contributed by atoms with E-state index in [2.05, 4.69) is 10.6 Å². The van der Waals surface area contributed by atoms with Gasteiger partial charge in [-0.1, -0.05) is 60.7 Å². The van der Waals surface area contributed by atoms with Crippen LogP contribution in [0.4, 0.5) is 9.59 Å². The Kier molecular flexibility index (Phi) is 18.9. The Morgan fingerprint density at radius 3 is 1.44 bits per heavy atom. The molecule has 71 heavy (non-hydrogen) atoms. The summed E-state index contributed by atoms with van der Waals surface area (Å²) in [5, 5.41) is 24.5. The number of aromatic nitrogens is 2. The highest BCUT2D eigenvalue weighted by atomic mass is 16.6. The van der Waals surface area contributed by atoms with E-state index in [1.165, 1.54) is 82.2 Å². The molecular weight excluding hydrogens is 925 g/mol. The Bertz CT molecular complexity index is 2510. The first-order valence-corrected chi connectivity index (χ1v) is 23.1. The zero-order valence-corrected chi connectivity index (χ0v) is 39.3. The molecule has 2 aliphatic rings. The van der Waals surface area contributed by atoms with Crippen molar-refractivity contribution in [2.75, 3.05) is 40.5 Å². The van der Waals surface area contributed by atoms with Crippen molar-refractivity contribution in [3.8, 4) is 0 Å². The summed E-state index contributed by atoms with van der Waals surface area (Å²) in [6.07, 6.45) is 8.40. The second-order valence-electron chi connectivity index (χ2n) is 16.8. The molecule has 21 nitrogen and oxygen atoms in total. The first-order chi connectivity index (χ1) is 34.3. The fourth-order valence-electron chi connectivity index (χ4n) is 8.67. The Balaban J connectivity index is 1.000. The van der Waals surface area contributed by atoms with Gasteiger partial charge in [0.1, 0.15) is 29.6 Å². The van der Waals surface area contributed by atoms with Gasteiger partial charge in [-0.2, -0.15) is 9.13 Å². The number of carboxylic acids is 1. The number of nitrogens with one attached hydrogen (secondary N) is 2. The van der Waals surface area contributed by atoms with Crippen LogP contribution in [0.3, 0.4) is 0 Å². The lowest BCUT2D eigenvalue weighted by atomic mass is 9.85. The van der Waals surface area contributed by atoms with Gasteiger partial charge in [-0.25, -0.2) is 19.2 Å². The molecule has 2 aliphatic heterocycles. The topological polar surface area (TPSA) is 261 Å². The minimum Gasteiger partial charge on any atom is -0.480 e. The molecule has 4 N–H and O–H groups in total. The number of amides is 4. The van der Waals surface area contributed by atoms with Gasteiger partial charge in [-0.05, 0) is 61.8 Å². The van der Waals surface area contributed by atoms with Crippen LogP contribution >= 0.6 is 0 Å². The lowest BCUT2D eigenvalue weighted by molar-refractivity contribution is -0.727. The van der Waals surface area contributed by atoms with E-state index in [1.807, 2.05) is 12.1 Å². The second kappa shape index (κ2) is 25.6. The highest BCUT2D eigenvalue weighted by Crippen LogP contribution is 2.33. The number of aliphatic hydroxyl groups is 1. The number of methoxy groups -OCH3 is 2. The zero-order valence-electron chi connectivity index (χ0n) is 39.3. The number of rotatable bonds is 19. The lowest BCUT2D eigenvalue weighted by Crippen LogP contribution is -2.50. The van der Waals surface area contributed by atoms with Gasteiger partial charge in [0.25, 0.3) is 25.3 Å². The molecule has 0 spiro atoms. The second-order valence-corrected chi connectivity index (χ2v) is 16.8. The molecule has 2 saturated heterocycles. The maximum Gasteiger partial charge on any atom is 0.414 e. The van der Waals surface area contributed by atoms with Gasteiger partial charge in [0.05, 0.1) is 32.9 Å². The Morgan fingerprint density at radius 1 is 0.592 bits per heavy atom. The van der Waals surface area contributed by atoms with Crippen LogP contribution in [0.15, 0.2) is 110 Å². The zero-order chi connectivity index (χ0) is 50.9. The van der Waals surface area contributed by atoms with E-state index >= 15 is 0 Å². The van der Waals surface area contributed by atoms with Crippen LogP contribution in [0.1, 0.15) is 82.2 Å². The predicted molar refractivity (Wildman–Crippen MR) is 246 cm³/mol. The number of carboxylic acid groups (broad SMARTS) is 1. The van der Waals surface area contributed by atoms with Crippen molar-refractivity contribution >= 4 is 47.9 Å². The third-order valence-corrected chi connectivity index (χ3v) is 12.2. The van der Waals surface area contributed by atoms with Gasteiger partial charge in [0, 0.05) is 25.2 Å². The van der Waals surface area contributed by atoms with Gasteiger partial charge in [0.2, 0.25) is 0 Å². The number of carbonyl (C=O) groups is 8. The van der Waals surface area contributed by atoms with Crippen LogP contribution in [0.25, 0.3) is 0 Å². The molecule has 4 amide bonds. The van der Waals surface area contributed by atoms with Crippen LogP contribution in [0.2, 0.25) is 0 Å². The third-order valence-electron chi connectivity index (χ3n) is 12.2. The molecule has 21 heteroatoms. The van der Waals surface area contributed by atoms with Crippen LogP contribution in [0, 0.1) is 0 Å². The van der Waals surface area contributed by atoms with Gasteiger partial charge < -0.3 is 54.3 Å². The van der Waals surface area contributed by atoms with E-state index in [-0.39, 0.29) is 24.6 Å². The van der Waals surface area contributed by atoms with E-state index in [9.17, 15) is 48.6 Å².